The van der Waals surface area contributed by atoms with Gasteiger partial charge in [-0.1, -0.05) is 42.5 Å². The van der Waals surface area contributed by atoms with Crippen molar-refractivity contribution in [2.24, 2.45) is 0 Å². The molecule has 2 aromatic carbocycles. The molecule has 0 heterocycles. The standard InChI is InChI=1S/C16H17NO/c1-2-3-8-16(18)17-12-13-9-10-14-6-4-5-7-15(14)11-13/h2,4-7,9-11H,1,3,8,12H2,(H,17,18). The van der Waals surface area contributed by atoms with Crippen LogP contribution in [0, 0.1) is 0 Å². The molecule has 0 aliphatic rings. The maximum Gasteiger partial charge on any atom is 0.220 e. The normalized spacial score (nSPS) is 10.2. The molecule has 0 aromatic heterocycles. The van der Waals surface area contributed by atoms with Crippen molar-refractivity contribution in [2.75, 3.05) is 0 Å². The van der Waals surface area contributed by atoms with E-state index < -0.39 is 0 Å². The van der Waals surface area contributed by atoms with E-state index in [1.54, 1.807) is 6.08 Å². The molecule has 0 aliphatic heterocycles. The van der Waals surface area contributed by atoms with Gasteiger partial charge in [0.05, 0.1) is 0 Å². The van der Waals surface area contributed by atoms with E-state index >= 15 is 0 Å². The number of rotatable bonds is 5. The summed E-state index contributed by atoms with van der Waals surface area (Å²) in [5, 5.41) is 5.34. The zero-order chi connectivity index (χ0) is 12.8. The van der Waals surface area contributed by atoms with Crippen molar-refractivity contribution >= 4 is 16.7 Å². The molecule has 2 nitrogen and oxygen atoms in total. The zero-order valence-corrected chi connectivity index (χ0v) is 10.4. The Morgan fingerprint density at radius 3 is 2.72 bits per heavy atom. The predicted molar refractivity (Wildman–Crippen MR) is 75.2 cm³/mol. The summed E-state index contributed by atoms with van der Waals surface area (Å²) in [7, 11) is 0. The summed E-state index contributed by atoms with van der Waals surface area (Å²) in [4.78, 5) is 11.5. The molecule has 0 spiro atoms. The van der Waals surface area contributed by atoms with Gasteiger partial charge in [0.15, 0.2) is 0 Å². The van der Waals surface area contributed by atoms with Gasteiger partial charge >= 0.3 is 0 Å². The first-order chi connectivity index (χ1) is 8.79. The first kappa shape index (κ1) is 12.4. The van der Waals surface area contributed by atoms with Gasteiger partial charge in [0.1, 0.15) is 0 Å². The van der Waals surface area contributed by atoms with Crippen molar-refractivity contribution in [1.82, 2.24) is 5.32 Å². The summed E-state index contributed by atoms with van der Waals surface area (Å²) in [5.41, 5.74) is 1.13. The summed E-state index contributed by atoms with van der Waals surface area (Å²) in [6.07, 6.45) is 3.00. The number of carbonyl (C=O) groups excluding carboxylic acids is 1. The van der Waals surface area contributed by atoms with Crippen molar-refractivity contribution in [3.05, 3.63) is 60.7 Å². The third-order valence-corrected chi connectivity index (χ3v) is 2.88. The largest absolute Gasteiger partial charge is 0.352 e. The monoisotopic (exact) mass is 239 g/mol. The van der Waals surface area contributed by atoms with Gasteiger partial charge in [-0.3, -0.25) is 4.79 Å². The van der Waals surface area contributed by atoms with E-state index in [4.69, 9.17) is 0 Å². The topological polar surface area (TPSA) is 29.1 Å². The van der Waals surface area contributed by atoms with Crippen LogP contribution < -0.4 is 5.32 Å². The number of hydrogen-bond donors (Lipinski definition) is 1. The Hall–Kier alpha value is -2.09. The Kier molecular flexibility index (Phi) is 4.13. The molecular formula is C16H17NO. The molecule has 1 N–H and O–H groups in total. The van der Waals surface area contributed by atoms with Gasteiger partial charge in [-0.25, -0.2) is 0 Å². The van der Waals surface area contributed by atoms with E-state index in [0.29, 0.717) is 13.0 Å². The van der Waals surface area contributed by atoms with Crippen LogP contribution in [0.1, 0.15) is 18.4 Å². The molecule has 2 rings (SSSR count). The lowest BCUT2D eigenvalue weighted by Crippen LogP contribution is -2.22. The highest BCUT2D eigenvalue weighted by atomic mass is 16.1. The second-order valence-electron chi connectivity index (χ2n) is 4.29. The van der Waals surface area contributed by atoms with Crippen molar-refractivity contribution in [3.8, 4) is 0 Å². The molecule has 0 radical (unpaired) electrons. The quantitative estimate of drug-likeness (QED) is 0.796. The fourth-order valence-electron chi connectivity index (χ4n) is 1.87. The summed E-state index contributed by atoms with van der Waals surface area (Å²) in [5.74, 6) is 0.0723. The fraction of sp³-hybridized carbons (Fsp3) is 0.188. The number of hydrogen-bond acceptors (Lipinski definition) is 1. The Labute approximate surface area is 107 Å². The molecule has 0 bridgehead atoms. The Morgan fingerprint density at radius 2 is 1.94 bits per heavy atom. The highest BCUT2D eigenvalue weighted by Gasteiger charge is 2.00. The smallest absolute Gasteiger partial charge is 0.220 e. The Balaban J connectivity index is 1.99. The van der Waals surface area contributed by atoms with Crippen LogP contribution in [-0.4, -0.2) is 5.91 Å². The van der Waals surface area contributed by atoms with Gasteiger partial charge in [-0.2, -0.15) is 0 Å². The second-order valence-corrected chi connectivity index (χ2v) is 4.29. The van der Waals surface area contributed by atoms with Crippen LogP contribution in [0.4, 0.5) is 0 Å². The van der Waals surface area contributed by atoms with Crippen LogP contribution in [0.5, 0.6) is 0 Å². The number of carbonyl (C=O) groups is 1. The van der Waals surface area contributed by atoms with E-state index in [1.807, 2.05) is 12.1 Å². The fourth-order valence-corrected chi connectivity index (χ4v) is 1.87. The van der Waals surface area contributed by atoms with Crippen LogP contribution in [0.2, 0.25) is 0 Å². The third-order valence-electron chi connectivity index (χ3n) is 2.88. The molecule has 0 saturated carbocycles. The molecule has 0 aliphatic carbocycles. The van der Waals surface area contributed by atoms with Crippen molar-refractivity contribution in [2.45, 2.75) is 19.4 Å². The highest BCUT2D eigenvalue weighted by molar-refractivity contribution is 5.83. The SMILES string of the molecule is C=CCCC(=O)NCc1ccc2ccccc2c1. The van der Waals surface area contributed by atoms with E-state index in [0.717, 1.165) is 12.0 Å². The van der Waals surface area contributed by atoms with E-state index in [2.05, 4.69) is 42.2 Å². The molecule has 0 fully saturated rings. The lowest BCUT2D eigenvalue weighted by atomic mass is 10.1. The van der Waals surface area contributed by atoms with Crippen LogP contribution in [0.25, 0.3) is 10.8 Å². The van der Waals surface area contributed by atoms with Gasteiger partial charge in [0.2, 0.25) is 5.91 Å². The minimum Gasteiger partial charge on any atom is -0.352 e. The Bertz CT molecular complexity index is 560. The van der Waals surface area contributed by atoms with Gasteiger partial charge in [-0.05, 0) is 28.8 Å². The minimum atomic E-state index is 0.0723. The number of benzene rings is 2. The van der Waals surface area contributed by atoms with Crippen molar-refractivity contribution in [1.29, 1.82) is 0 Å². The maximum atomic E-state index is 11.5. The highest BCUT2D eigenvalue weighted by Crippen LogP contribution is 2.15. The zero-order valence-electron chi connectivity index (χ0n) is 10.4. The van der Waals surface area contributed by atoms with Gasteiger partial charge in [0, 0.05) is 13.0 Å². The second kappa shape index (κ2) is 6.01. The molecule has 0 unspecified atom stereocenters. The van der Waals surface area contributed by atoms with E-state index in [1.165, 1.54) is 10.8 Å². The van der Waals surface area contributed by atoms with Crippen LogP contribution in [-0.2, 0) is 11.3 Å². The average molecular weight is 239 g/mol. The molecule has 92 valence electrons. The molecule has 0 saturated heterocycles. The lowest BCUT2D eigenvalue weighted by molar-refractivity contribution is -0.121. The molecule has 2 aromatic rings. The molecule has 1 amide bonds. The van der Waals surface area contributed by atoms with Gasteiger partial charge in [-0.15, -0.1) is 6.58 Å². The number of nitrogens with one attached hydrogen (secondary N) is 1. The van der Waals surface area contributed by atoms with Crippen LogP contribution in [0.3, 0.4) is 0 Å². The average Bonchev–Trinajstić information content (AvgIpc) is 2.42. The molecule has 2 heteroatoms. The number of allylic oxidation sites excluding steroid dienone is 1. The summed E-state index contributed by atoms with van der Waals surface area (Å²) < 4.78 is 0. The first-order valence-electron chi connectivity index (χ1n) is 6.15. The summed E-state index contributed by atoms with van der Waals surface area (Å²) in [6, 6.07) is 14.5. The minimum absolute atomic E-state index is 0.0723. The van der Waals surface area contributed by atoms with E-state index in [-0.39, 0.29) is 5.91 Å². The van der Waals surface area contributed by atoms with Gasteiger partial charge < -0.3 is 5.32 Å². The number of amides is 1. The van der Waals surface area contributed by atoms with E-state index in [9.17, 15) is 4.79 Å². The molecule has 18 heavy (non-hydrogen) atoms. The van der Waals surface area contributed by atoms with Crippen LogP contribution in [0.15, 0.2) is 55.1 Å². The summed E-state index contributed by atoms with van der Waals surface area (Å²) in [6.45, 7) is 4.19. The van der Waals surface area contributed by atoms with Crippen molar-refractivity contribution < 1.29 is 4.79 Å². The summed E-state index contributed by atoms with van der Waals surface area (Å²) >= 11 is 0. The van der Waals surface area contributed by atoms with Crippen LogP contribution >= 0.6 is 0 Å². The van der Waals surface area contributed by atoms with Crippen molar-refractivity contribution in [3.63, 3.8) is 0 Å². The Morgan fingerprint density at radius 1 is 1.17 bits per heavy atom. The molecular weight excluding hydrogens is 222 g/mol. The lowest BCUT2D eigenvalue weighted by Gasteiger charge is -2.06. The first-order valence-corrected chi connectivity index (χ1v) is 6.15. The number of fused-ring (bicyclic) bond motifs is 1. The predicted octanol–water partition coefficient (Wildman–Crippen LogP) is 3.42. The maximum absolute atomic E-state index is 11.5. The third kappa shape index (κ3) is 3.20. The molecule has 0 atom stereocenters. The van der Waals surface area contributed by atoms with Gasteiger partial charge in [0.25, 0.3) is 0 Å².